The van der Waals surface area contributed by atoms with Gasteiger partial charge in [0.1, 0.15) is 5.60 Å². The van der Waals surface area contributed by atoms with Gasteiger partial charge in [-0.05, 0) is 50.7 Å². The molecule has 2 atom stereocenters. The maximum atomic E-state index is 13.5. The van der Waals surface area contributed by atoms with Crippen molar-refractivity contribution in [2.24, 2.45) is 10.9 Å². The summed E-state index contributed by atoms with van der Waals surface area (Å²) in [4.78, 5) is 20.2. The molecule has 1 amide bonds. The third-order valence-corrected chi connectivity index (χ3v) is 6.22. The molecular weight excluding hydrogens is 398 g/mol. The van der Waals surface area contributed by atoms with E-state index in [9.17, 15) is 4.79 Å². The summed E-state index contributed by atoms with van der Waals surface area (Å²) in [5.41, 5.74) is 1.60. The van der Waals surface area contributed by atoms with Crippen molar-refractivity contribution in [2.45, 2.75) is 70.6 Å². The number of guanidine groups is 1. The molecule has 0 bridgehead atoms. The smallest absolute Gasteiger partial charge is 0.417 e. The van der Waals surface area contributed by atoms with Gasteiger partial charge in [0.05, 0.1) is 12.1 Å². The van der Waals surface area contributed by atoms with Crippen molar-refractivity contribution < 1.29 is 9.53 Å². The molecule has 1 aliphatic heterocycles. The lowest BCUT2D eigenvalue weighted by Crippen LogP contribution is -2.41. The Bertz CT molecular complexity index is 915. The second-order valence-electron chi connectivity index (χ2n) is 9.91. The molecule has 2 aromatic rings. The van der Waals surface area contributed by atoms with Crippen LogP contribution in [-0.2, 0) is 4.74 Å². The number of rotatable bonds is 4. The molecule has 1 aliphatic carbocycles. The van der Waals surface area contributed by atoms with E-state index in [-0.39, 0.29) is 18.2 Å². The predicted molar refractivity (Wildman–Crippen MR) is 128 cm³/mol. The van der Waals surface area contributed by atoms with Crippen molar-refractivity contribution in [2.75, 3.05) is 6.54 Å². The van der Waals surface area contributed by atoms with Gasteiger partial charge in [-0.2, -0.15) is 0 Å². The standard InChI is InChI=1S/C27H35N3O2/c1-27(2,3)32-26(31)30-24(22-17-11-6-12-18-22)23(21-15-9-5-10-16-21)29-25(30)28-19-20-13-7-4-8-14-20/h5-6,9-12,15-18,20,23-24H,4,7-8,13-14,19H2,1-3H3,(H,28,29)/t23-,24+/m0/s1. The molecule has 0 unspecified atom stereocenters. The lowest BCUT2D eigenvalue weighted by Gasteiger charge is -2.29. The van der Waals surface area contributed by atoms with E-state index in [2.05, 4.69) is 29.6 Å². The number of benzene rings is 2. The van der Waals surface area contributed by atoms with Crippen molar-refractivity contribution in [1.29, 1.82) is 0 Å². The maximum absolute atomic E-state index is 13.5. The highest BCUT2D eigenvalue weighted by atomic mass is 16.6. The van der Waals surface area contributed by atoms with Gasteiger partial charge < -0.3 is 10.1 Å². The molecule has 2 aromatic carbocycles. The van der Waals surface area contributed by atoms with E-state index in [4.69, 9.17) is 9.73 Å². The maximum Gasteiger partial charge on any atom is 0.417 e. The second-order valence-corrected chi connectivity index (χ2v) is 9.91. The van der Waals surface area contributed by atoms with Gasteiger partial charge in [-0.15, -0.1) is 0 Å². The number of amides is 1. The average molecular weight is 434 g/mol. The monoisotopic (exact) mass is 433 g/mol. The van der Waals surface area contributed by atoms with Gasteiger partial charge in [0.2, 0.25) is 5.96 Å². The zero-order valence-corrected chi connectivity index (χ0v) is 19.5. The minimum atomic E-state index is -0.586. The quantitative estimate of drug-likeness (QED) is 0.620. The van der Waals surface area contributed by atoms with Crippen LogP contribution in [0.15, 0.2) is 65.7 Å². The molecule has 2 fully saturated rings. The van der Waals surface area contributed by atoms with E-state index < -0.39 is 5.60 Å². The topological polar surface area (TPSA) is 53.9 Å². The van der Waals surface area contributed by atoms with Crippen LogP contribution in [0.3, 0.4) is 0 Å². The summed E-state index contributed by atoms with van der Waals surface area (Å²) in [7, 11) is 0. The first-order chi connectivity index (χ1) is 15.4. The lowest BCUT2D eigenvalue weighted by atomic mass is 9.89. The molecule has 1 saturated heterocycles. The molecule has 0 aromatic heterocycles. The number of ether oxygens (including phenoxy) is 1. The highest BCUT2D eigenvalue weighted by molar-refractivity contribution is 5.97. The predicted octanol–water partition coefficient (Wildman–Crippen LogP) is 6.25. The summed E-state index contributed by atoms with van der Waals surface area (Å²) < 4.78 is 5.85. The fraction of sp³-hybridized carbons (Fsp3) is 0.481. The second kappa shape index (κ2) is 9.76. The molecule has 5 heteroatoms. The van der Waals surface area contributed by atoms with Crippen LogP contribution >= 0.6 is 0 Å². The van der Waals surface area contributed by atoms with E-state index in [1.165, 1.54) is 32.1 Å². The van der Waals surface area contributed by atoms with Gasteiger partial charge in [-0.3, -0.25) is 4.99 Å². The Labute approximate surface area is 191 Å². The van der Waals surface area contributed by atoms with Gasteiger partial charge in [0, 0.05) is 6.54 Å². The van der Waals surface area contributed by atoms with Crippen molar-refractivity contribution >= 4 is 12.1 Å². The van der Waals surface area contributed by atoms with E-state index in [0.717, 1.165) is 17.7 Å². The van der Waals surface area contributed by atoms with Gasteiger partial charge in [-0.25, -0.2) is 9.69 Å². The molecular formula is C27H35N3O2. The molecule has 32 heavy (non-hydrogen) atoms. The van der Waals surface area contributed by atoms with Crippen LogP contribution in [-0.4, -0.2) is 29.1 Å². The fourth-order valence-electron chi connectivity index (χ4n) is 4.70. The van der Waals surface area contributed by atoms with Gasteiger partial charge in [0.15, 0.2) is 0 Å². The van der Waals surface area contributed by atoms with E-state index in [0.29, 0.717) is 11.9 Å². The summed E-state index contributed by atoms with van der Waals surface area (Å²) >= 11 is 0. The molecule has 0 spiro atoms. The first-order valence-electron chi connectivity index (χ1n) is 11.9. The fourth-order valence-corrected chi connectivity index (χ4v) is 4.70. The molecule has 0 radical (unpaired) electrons. The minimum Gasteiger partial charge on any atom is -0.443 e. The SMILES string of the molecule is CC(C)(C)OC(=O)N1C(=NCC2CCCCC2)N[C@@H](c2ccccc2)[C@H]1c1ccccc1. The number of carbonyl (C=O) groups excluding carboxylic acids is 1. The van der Waals surface area contributed by atoms with Gasteiger partial charge in [-0.1, -0.05) is 79.9 Å². The Morgan fingerprint density at radius 2 is 1.56 bits per heavy atom. The normalized spacial score (nSPS) is 23.2. The molecule has 1 N–H and O–H groups in total. The summed E-state index contributed by atoms with van der Waals surface area (Å²) in [6.07, 6.45) is 5.94. The third-order valence-electron chi connectivity index (χ3n) is 6.22. The van der Waals surface area contributed by atoms with Gasteiger partial charge in [0.25, 0.3) is 0 Å². The number of aliphatic imine (C=N–C) groups is 1. The average Bonchev–Trinajstić information content (AvgIpc) is 3.18. The van der Waals surface area contributed by atoms with Crippen LogP contribution in [0, 0.1) is 5.92 Å². The van der Waals surface area contributed by atoms with Crippen molar-refractivity contribution in [3.8, 4) is 0 Å². The van der Waals surface area contributed by atoms with E-state index >= 15 is 0 Å². The Balaban J connectivity index is 1.72. The van der Waals surface area contributed by atoms with Crippen LogP contribution in [0.2, 0.25) is 0 Å². The third kappa shape index (κ3) is 5.32. The molecule has 2 aliphatic rings. The number of nitrogens with zero attached hydrogens (tertiary/aromatic N) is 2. The molecule has 5 nitrogen and oxygen atoms in total. The summed E-state index contributed by atoms with van der Waals surface area (Å²) in [5, 5.41) is 3.59. The lowest BCUT2D eigenvalue weighted by molar-refractivity contribution is 0.0320. The highest BCUT2D eigenvalue weighted by Crippen LogP contribution is 2.40. The largest absolute Gasteiger partial charge is 0.443 e. The highest BCUT2D eigenvalue weighted by Gasteiger charge is 2.45. The number of hydrogen-bond acceptors (Lipinski definition) is 3. The zero-order chi connectivity index (χ0) is 22.6. The van der Waals surface area contributed by atoms with Gasteiger partial charge >= 0.3 is 6.09 Å². The van der Waals surface area contributed by atoms with Crippen LogP contribution in [0.1, 0.15) is 76.1 Å². The Hall–Kier alpha value is -2.82. The van der Waals surface area contributed by atoms with Crippen LogP contribution in [0.25, 0.3) is 0 Å². The van der Waals surface area contributed by atoms with Crippen LogP contribution in [0.5, 0.6) is 0 Å². The Kier molecular flexibility index (Phi) is 6.83. The summed E-state index contributed by atoms with van der Waals surface area (Å²) in [6.45, 7) is 6.45. The number of hydrogen-bond donors (Lipinski definition) is 1. The zero-order valence-electron chi connectivity index (χ0n) is 19.5. The molecule has 1 saturated carbocycles. The van der Waals surface area contributed by atoms with E-state index in [1.807, 2.05) is 57.2 Å². The first-order valence-corrected chi connectivity index (χ1v) is 11.9. The Morgan fingerprint density at radius 3 is 2.16 bits per heavy atom. The van der Waals surface area contributed by atoms with Crippen molar-refractivity contribution in [1.82, 2.24) is 10.2 Å². The van der Waals surface area contributed by atoms with E-state index in [1.54, 1.807) is 4.90 Å². The molecule has 4 rings (SSSR count). The van der Waals surface area contributed by atoms with Crippen molar-refractivity contribution in [3.05, 3.63) is 71.8 Å². The summed E-state index contributed by atoms with van der Waals surface area (Å²) in [5.74, 6) is 1.21. The summed E-state index contributed by atoms with van der Waals surface area (Å²) in [6, 6.07) is 20.1. The molecule has 1 heterocycles. The minimum absolute atomic E-state index is 0.101. The number of nitrogens with one attached hydrogen (secondary N) is 1. The van der Waals surface area contributed by atoms with Crippen LogP contribution in [0.4, 0.5) is 4.79 Å². The number of carbonyl (C=O) groups is 1. The van der Waals surface area contributed by atoms with Crippen LogP contribution < -0.4 is 5.32 Å². The molecule has 170 valence electrons. The Morgan fingerprint density at radius 1 is 0.969 bits per heavy atom. The van der Waals surface area contributed by atoms with Crippen molar-refractivity contribution in [3.63, 3.8) is 0 Å². The first kappa shape index (κ1) is 22.4.